The standard InChI is InChI=1S/C8H17NO3/c1-9(7-11)5-3-2-4-8(12)6-10/h7-8,10,12H,2-6H2,1H3. The first kappa shape index (κ1) is 11.4. The summed E-state index contributed by atoms with van der Waals surface area (Å²) in [6.45, 7) is 0.533. The molecule has 4 nitrogen and oxygen atoms in total. The summed E-state index contributed by atoms with van der Waals surface area (Å²) in [6.07, 6.45) is 2.48. The van der Waals surface area contributed by atoms with Crippen LogP contribution in [0.5, 0.6) is 0 Å². The third kappa shape index (κ3) is 6.12. The van der Waals surface area contributed by atoms with Crippen molar-refractivity contribution in [3.05, 3.63) is 0 Å². The summed E-state index contributed by atoms with van der Waals surface area (Å²) >= 11 is 0. The molecule has 0 bridgehead atoms. The SMILES string of the molecule is CN(C=O)CCCCC(O)CO. The van der Waals surface area contributed by atoms with Gasteiger partial charge in [-0.15, -0.1) is 0 Å². The molecule has 1 atom stereocenters. The Labute approximate surface area is 72.8 Å². The van der Waals surface area contributed by atoms with Gasteiger partial charge in [0.2, 0.25) is 6.41 Å². The number of aliphatic hydroxyl groups excluding tert-OH is 2. The molecule has 0 aliphatic heterocycles. The molecular weight excluding hydrogens is 158 g/mol. The van der Waals surface area contributed by atoms with Gasteiger partial charge in [0.1, 0.15) is 0 Å². The molecule has 0 aliphatic carbocycles. The zero-order chi connectivity index (χ0) is 9.40. The fourth-order valence-corrected chi connectivity index (χ4v) is 0.885. The lowest BCUT2D eigenvalue weighted by Crippen LogP contribution is -2.18. The fourth-order valence-electron chi connectivity index (χ4n) is 0.885. The van der Waals surface area contributed by atoms with Crippen molar-refractivity contribution in [1.82, 2.24) is 4.90 Å². The molecule has 2 N–H and O–H groups in total. The molecule has 0 aromatic heterocycles. The van der Waals surface area contributed by atoms with Crippen LogP contribution in [0.3, 0.4) is 0 Å². The van der Waals surface area contributed by atoms with Crippen molar-refractivity contribution in [1.29, 1.82) is 0 Å². The van der Waals surface area contributed by atoms with Crippen molar-refractivity contribution in [2.75, 3.05) is 20.2 Å². The average molecular weight is 175 g/mol. The Balaban J connectivity index is 3.15. The van der Waals surface area contributed by atoms with Gasteiger partial charge in [0.25, 0.3) is 0 Å². The van der Waals surface area contributed by atoms with E-state index in [1.54, 1.807) is 11.9 Å². The Kier molecular flexibility index (Phi) is 6.70. The largest absolute Gasteiger partial charge is 0.394 e. The summed E-state index contributed by atoms with van der Waals surface area (Å²) in [7, 11) is 1.72. The van der Waals surface area contributed by atoms with Crippen LogP contribution in [0.2, 0.25) is 0 Å². The highest BCUT2D eigenvalue weighted by atomic mass is 16.3. The monoisotopic (exact) mass is 175 g/mol. The van der Waals surface area contributed by atoms with E-state index < -0.39 is 6.10 Å². The average Bonchev–Trinajstić information content (AvgIpc) is 2.11. The number of nitrogens with zero attached hydrogens (tertiary/aromatic N) is 1. The first-order valence-electron chi connectivity index (χ1n) is 4.15. The lowest BCUT2D eigenvalue weighted by molar-refractivity contribution is -0.117. The maximum absolute atomic E-state index is 10.1. The molecule has 1 amide bonds. The van der Waals surface area contributed by atoms with Crippen molar-refractivity contribution < 1.29 is 15.0 Å². The Morgan fingerprint density at radius 3 is 2.67 bits per heavy atom. The van der Waals surface area contributed by atoms with Crippen molar-refractivity contribution in [3.8, 4) is 0 Å². The number of carbonyl (C=O) groups excluding carboxylic acids is 1. The summed E-state index contributed by atoms with van der Waals surface area (Å²) in [5, 5.41) is 17.4. The van der Waals surface area contributed by atoms with Gasteiger partial charge < -0.3 is 15.1 Å². The van der Waals surface area contributed by atoms with Gasteiger partial charge in [-0.25, -0.2) is 0 Å². The maximum atomic E-state index is 10.1. The highest BCUT2D eigenvalue weighted by molar-refractivity contribution is 5.46. The number of unbranched alkanes of at least 4 members (excludes halogenated alkanes) is 1. The molecule has 0 radical (unpaired) electrons. The van der Waals surface area contributed by atoms with Crippen molar-refractivity contribution in [2.24, 2.45) is 0 Å². The minimum atomic E-state index is -0.605. The van der Waals surface area contributed by atoms with Gasteiger partial charge in [-0.3, -0.25) is 4.79 Å². The van der Waals surface area contributed by atoms with Gasteiger partial charge in [-0.2, -0.15) is 0 Å². The second kappa shape index (κ2) is 7.06. The molecule has 0 aliphatic rings. The minimum absolute atomic E-state index is 0.177. The third-order valence-corrected chi connectivity index (χ3v) is 1.69. The quantitative estimate of drug-likeness (QED) is 0.409. The first-order chi connectivity index (χ1) is 5.70. The Hall–Kier alpha value is -0.610. The van der Waals surface area contributed by atoms with Crippen LogP contribution in [-0.4, -0.2) is 47.8 Å². The summed E-state index contributed by atoms with van der Waals surface area (Å²) in [6, 6.07) is 0. The molecule has 0 aromatic carbocycles. The van der Waals surface area contributed by atoms with E-state index in [0.717, 1.165) is 19.3 Å². The molecule has 0 saturated heterocycles. The molecule has 12 heavy (non-hydrogen) atoms. The van der Waals surface area contributed by atoms with E-state index in [0.29, 0.717) is 13.0 Å². The number of amides is 1. The lowest BCUT2D eigenvalue weighted by atomic mass is 10.1. The van der Waals surface area contributed by atoms with E-state index in [1.807, 2.05) is 0 Å². The number of carbonyl (C=O) groups is 1. The van der Waals surface area contributed by atoms with Crippen LogP contribution in [-0.2, 0) is 4.79 Å². The van der Waals surface area contributed by atoms with Crippen LogP contribution in [0.4, 0.5) is 0 Å². The van der Waals surface area contributed by atoms with Crippen LogP contribution in [0.25, 0.3) is 0 Å². The van der Waals surface area contributed by atoms with E-state index in [1.165, 1.54) is 0 Å². The van der Waals surface area contributed by atoms with Gasteiger partial charge in [0, 0.05) is 13.6 Å². The molecule has 1 unspecified atom stereocenters. The summed E-state index contributed by atoms with van der Waals surface area (Å²) in [5.74, 6) is 0. The van der Waals surface area contributed by atoms with Gasteiger partial charge in [-0.05, 0) is 19.3 Å². The van der Waals surface area contributed by atoms with E-state index in [-0.39, 0.29) is 6.61 Å². The molecule has 72 valence electrons. The molecule has 0 rings (SSSR count). The Morgan fingerprint density at radius 1 is 1.50 bits per heavy atom. The van der Waals surface area contributed by atoms with Crippen molar-refractivity contribution in [3.63, 3.8) is 0 Å². The lowest BCUT2D eigenvalue weighted by Gasteiger charge is -2.10. The minimum Gasteiger partial charge on any atom is -0.394 e. The summed E-state index contributed by atoms with van der Waals surface area (Å²) < 4.78 is 0. The van der Waals surface area contributed by atoms with E-state index >= 15 is 0 Å². The van der Waals surface area contributed by atoms with Crippen molar-refractivity contribution >= 4 is 6.41 Å². The normalized spacial score (nSPS) is 12.6. The van der Waals surface area contributed by atoms with E-state index in [4.69, 9.17) is 10.2 Å². The molecular formula is C8H17NO3. The Bertz CT molecular complexity index is 119. The summed E-state index contributed by atoms with van der Waals surface area (Å²) in [4.78, 5) is 11.7. The van der Waals surface area contributed by atoms with Crippen LogP contribution in [0.1, 0.15) is 19.3 Å². The fraction of sp³-hybridized carbons (Fsp3) is 0.875. The highest BCUT2D eigenvalue weighted by Crippen LogP contribution is 2.00. The van der Waals surface area contributed by atoms with Crippen LogP contribution in [0.15, 0.2) is 0 Å². The van der Waals surface area contributed by atoms with Crippen LogP contribution < -0.4 is 0 Å². The van der Waals surface area contributed by atoms with E-state index in [2.05, 4.69) is 0 Å². The number of aliphatic hydroxyl groups is 2. The maximum Gasteiger partial charge on any atom is 0.209 e. The van der Waals surface area contributed by atoms with E-state index in [9.17, 15) is 4.79 Å². The number of rotatable bonds is 7. The Morgan fingerprint density at radius 2 is 2.17 bits per heavy atom. The zero-order valence-corrected chi connectivity index (χ0v) is 7.44. The zero-order valence-electron chi connectivity index (χ0n) is 7.44. The number of hydrogen-bond acceptors (Lipinski definition) is 3. The van der Waals surface area contributed by atoms with Gasteiger partial charge >= 0.3 is 0 Å². The van der Waals surface area contributed by atoms with Crippen molar-refractivity contribution in [2.45, 2.75) is 25.4 Å². The second-order valence-electron chi connectivity index (χ2n) is 2.92. The smallest absolute Gasteiger partial charge is 0.209 e. The molecule has 0 saturated carbocycles. The van der Waals surface area contributed by atoms with Crippen LogP contribution in [0, 0.1) is 0 Å². The molecule has 0 spiro atoms. The predicted molar refractivity (Wildman–Crippen MR) is 45.6 cm³/mol. The van der Waals surface area contributed by atoms with Gasteiger partial charge in [0.15, 0.2) is 0 Å². The predicted octanol–water partition coefficient (Wildman–Crippen LogP) is -0.402. The number of hydrogen-bond donors (Lipinski definition) is 2. The third-order valence-electron chi connectivity index (χ3n) is 1.69. The summed E-state index contributed by atoms with van der Waals surface area (Å²) in [5.41, 5.74) is 0. The molecule has 0 fully saturated rings. The molecule has 0 heterocycles. The van der Waals surface area contributed by atoms with Crippen LogP contribution >= 0.6 is 0 Å². The molecule has 0 aromatic rings. The first-order valence-corrected chi connectivity index (χ1v) is 4.15. The molecule has 4 heteroatoms. The topological polar surface area (TPSA) is 60.8 Å². The second-order valence-corrected chi connectivity index (χ2v) is 2.92. The van der Waals surface area contributed by atoms with Gasteiger partial charge in [-0.1, -0.05) is 0 Å². The van der Waals surface area contributed by atoms with Gasteiger partial charge in [0.05, 0.1) is 12.7 Å². The highest BCUT2D eigenvalue weighted by Gasteiger charge is 2.01.